The van der Waals surface area contributed by atoms with E-state index in [9.17, 15) is 9.13 Å². The number of rotatable bonds is 14. The average molecular weight is 665 g/mol. The Kier molecular flexibility index (Phi) is 13.3. The van der Waals surface area contributed by atoms with Crippen molar-refractivity contribution in [2.24, 2.45) is 0 Å². The lowest BCUT2D eigenvalue weighted by atomic mass is 9.79. The van der Waals surface area contributed by atoms with Crippen LogP contribution in [0.4, 0.5) is 0 Å². The normalized spacial score (nSPS) is 14.6. The largest absolute Gasteiger partial charge is 0.531 e. The SMILES string of the molecule is Cc1cc(P(=O)(OC(C)C)OC(C)C)cc(OP(=O)(OC(C)(C)C)OC(C)(C)C)c1C(C)(C)CCO[Si](C)(C)C(C)(C)C. The van der Waals surface area contributed by atoms with Crippen molar-refractivity contribution in [1.82, 2.24) is 0 Å². The van der Waals surface area contributed by atoms with Gasteiger partial charge in [-0.2, -0.15) is 0 Å². The van der Waals surface area contributed by atoms with E-state index in [0.717, 1.165) is 11.1 Å². The molecule has 0 radical (unpaired) electrons. The predicted octanol–water partition coefficient (Wildman–Crippen LogP) is 10.5. The number of aryl methyl sites for hydroxylation is 1. The zero-order valence-corrected chi connectivity index (χ0v) is 33.2. The molecule has 0 amide bonds. The molecular formula is C32H62O8P2Si. The van der Waals surface area contributed by atoms with E-state index in [1.54, 1.807) is 47.6 Å². The number of benzene rings is 1. The third-order valence-electron chi connectivity index (χ3n) is 6.95. The van der Waals surface area contributed by atoms with Crippen LogP contribution in [-0.4, -0.2) is 38.3 Å². The summed E-state index contributed by atoms with van der Waals surface area (Å²) >= 11 is 0. The first kappa shape index (κ1) is 40.5. The van der Waals surface area contributed by atoms with E-state index >= 15 is 0 Å². The van der Waals surface area contributed by atoms with Crippen LogP contribution in [-0.2, 0) is 37.1 Å². The van der Waals surface area contributed by atoms with Crippen molar-refractivity contribution in [1.29, 1.82) is 0 Å². The quantitative estimate of drug-likeness (QED) is 0.143. The van der Waals surface area contributed by atoms with Gasteiger partial charge in [-0.3, -0.25) is 13.6 Å². The fraction of sp³-hybridized carbons (Fsp3) is 0.812. The second-order valence-electron chi connectivity index (χ2n) is 16.1. The first-order valence-electron chi connectivity index (χ1n) is 15.4. The van der Waals surface area contributed by atoms with Crippen LogP contribution in [0.25, 0.3) is 0 Å². The summed E-state index contributed by atoms with van der Waals surface area (Å²) in [4.78, 5) is 0. The van der Waals surface area contributed by atoms with E-state index in [-0.39, 0.29) is 23.0 Å². The van der Waals surface area contributed by atoms with Gasteiger partial charge in [-0.1, -0.05) is 34.6 Å². The second kappa shape index (κ2) is 14.1. The van der Waals surface area contributed by atoms with Crippen LogP contribution < -0.4 is 9.83 Å². The van der Waals surface area contributed by atoms with Gasteiger partial charge in [-0.15, -0.1) is 0 Å². The van der Waals surface area contributed by atoms with Crippen molar-refractivity contribution in [2.45, 2.75) is 164 Å². The minimum absolute atomic E-state index is 0.0815. The molecule has 0 aliphatic heterocycles. The highest BCUT2D eigenvalue weighted by atomic mass is 31.2. The fourth-order valence-electron chi connectivity index (χ4n) is 4.29. The Labute approximate surface area is 264 Å². The molecule has 0 aromatic heterocycles. The number of hydrogen-bond acceptors (Lipinski definition) is 8. The maximum absolute atomic E-state index is 14.4. The molecule has 8 nitrogen and oxygen atoms in total. The fourth-order valence-corrected chi connectivity index (χ4v) is 9.20. The Morgan fingerprint density at radius 2 is 1.21 bits per heavy atom. The Morgan fingerprint density at radius 1 is 0.767 bits per heavy atom. The highest BCUT2D eigenvalue weighted by Crippen LogP contribution is 2.58. The summed E-state index contributed by atoms with van der Waals surface area (Å²) in [6.07, 6.45) is -0.0571. The van der Waals surface area contributed by atoms with Crippen LogP contribution in [0.3, 0.4) is 0 Å². The first-order valence-corrected chi connectivity index (χ1v) is 21.3. The lowest BCUT2D eigenvalue weighted by Crippen LogP contribution is -2.41. The molecule has 0 atom stereocenters. The smallest absolute Gasteiger partial charge is 0.417 e. The molecule has 0 spiro atoms. The maximum Gasteiger partial charge on any atom is 0.531 e. The van der Waals surface area contributed by atoms with Crippen molar-refractivity contribution in [3.8, 4) is 5.75 Å². The third-order valence-corrected chi connectivity index (χ3v) is 15.7. The van der Waals surface area contributed by atoms with Gasteiger partial charge >= 0.3 is 15.4 Å². The third kappa shape index (κ3) is 12.7. The van der Waals surface area contributed by atoms with Crippen molar-refractivity contribution < 1.29 is 36.2 Å². The van der Waals surface area contributed by atoms with Gasteiger partial charge in [0, 0.05) is 12.2 Å². The summed E-state index contributed by atoms with van der Waals surface area (Å²) in [6.45, 7) is 35.8. The van der Waals surface area contributed by atoms with Crippen LogP contribution in [0.2, 0.25) is 18.1 Å². The van der Waals surface area contributed by atoms with E-state index in [1.165, 1.54) is 0 Å². The molecule has 252 valence electrons. The van der Waals surface area contributed by atoms with Gasteiger partial charge in [0.25, 0.3) is 0 Å². The molecule has 0 fully saturated rings. The number of hydrogen-bond donors (Lipinski definition) is 0. The highest BCUT2D eigenvalue weighted by molar-refractivity contribution is 7.62. The van der Waals surface area contributed by atoms with Crippen LogP contribution in [0, 0.1) is 6.92 Å². The lowest BCUT2D eigenvalue weighted by molar-refractivity contribution is 0.0221. The molecular weight excluding hydrogens is 602 g/mol. The summed E-state index contributed by atoms with van der Waals surface area (Å²) in [5.41, 5.74) is -0.571. The van der Waals surface area contributed by atoms with Crippen LogP contribution >= 0.6 is 15.4 Å². The van der Waals surface area contributed by atoms with Crippen molar-refractivity contribution in [3.05, 3.63) is 23.3 Å². The zero-order valence-electron chi connectivity index (χ0n) is 30.4. The molecule has 0 N–H and O–H groups in total. The topological polar surface area (TPSA) is 89.5 Å². The minimum Gasteiger partial charge on any atom is -0.417 e. The first-order chi connectivity index (χ1) is 18.9. The second-order valence-corrected chi connectivity index (χ2v) is 24.3. The molecule has 0 bridgehead atoms. The summed E-state index contributed by atoms with van der Waals surface area (Å²) in [5.74, 6) is 0.254. The summed E-state index contributed by atoms with van der Waals surface area (Å²) in [6, 6.07) is 3.44. The molecule has 0 saturated heterocycles. The monoisotopic (exact) mass is 664 g/mol. The molecule has 0 heterocycles. The Morgan fingerprint density at radius 3 is 1.58 bits per heavy atom. The van der Waals surface area contributed by atoms with E-state index in [4.69, 9.17) is 27.0 Å². The molecule has 1 aromatic rings. The molecule has 1 aromatic carbocycles. The van der Waals surface area contributed by atoms with Gasteiger partial charge in [0.15, 0.2) is 8.32 Å². The van der Waals surface area contributed by atoms with Gasteiger partial charge in [0.2, 0.25) is 0 Å². The van der Waals surface area contributed by atoms with Crippen molar-refractivity contribution in [2.75, 3.05) is 6.61 Å². The van der Waals surface area contributed by atoms with E-state index in [2.05, 4.69) is 47.7 Å². The molecule has 43 heavy (non-hydrogen) atoms. The van der Waals surface area contributed by atoms with Crippen LogP contribution in [0.15, 0.2) is 12.1 Å². The number of phosphoric ester groups is 1. The zero-order chi connectivity index (χ0) is 34.0. The minimum atomic E-state index is -4.20. The summed E-state index contributed by atoms with van der Waals surface area (Å²) < 4.78 is 65.3. The molecule has 0 aliphatic carbocycles. The van der Waals surface area contributed by atoms with Crippen molar-refractivity contribution in [3.63, 3.8) is 0 Å². The van der Waals surface area contributed by atoms with E-state index in [1.807, 2.05) is 40.7 Å². The van der Waals surface area contributed by atoms with Gasteiger partial charge in [0.1, 0.15) is 5.75 Å². The van der Waals surface area contributed by atoms with Gasteiger partial charge < -0.3 is 18.0 Å². The summed E-state index contributed by atoms with van der Waals surface area (Å²) in [7, 11) is -9.96. The molecule has 11 heteroatoms. The average Bonchev–Trinajstić information content (AvgIpc) is 2.67. The molecule has 0 aliphatic rings. The Hall–Kier alpha value is -0.503. The van der Waals surface area contributed by atoms with Gasteiger partial charge in [-0.25, -0.2) is 4.57 Å². The Balaban J connectivity index is 3.90. The van der Waals surface area contributed by atoms with Crippen LogP contribution in [0.1, 0.15) is 121 Å². The van der Waals surface area contributed by atoms with Gasteiger partial charge in [0.05, 0.1) is 28.7 Å². The summed E-state index contributed by atoms with van der Waals surface area (Å²) in [5, 5.41) is 0.399. The predicted molar refractivity (Wildman–Crippen MR) is 182 cm³/mol. The van der Waals surface area contributed by atoms with Crippen LogP contribution in [0.5, 0.6) is 5.75 Å². The van der Waals surface area contributed by atoms with E-state index < -0.39 is 40.4 Å². The van der Waals surface area contributed by atoms with Gasteiger partial charge in [-0.05, 0) is 124 Å². The molecule has 1 rings (SSSR count). The lowest BCUT2D eigenvalue weighted by Gasteiger charge is -2.38. The standard InChI is InChI=1S/C32H62O8P2Si/c1-23(2)36-41(33,37-24(3)4)26-21-25(5)28(32(15,16)19-20-35-43(17,18)31(12,13)14)27(22-26)38-42(34,39-29(6,7)8)40-30(9,10)11/h21-24H,19-20H2,1-18H3. The van der Waals surface area contributed by atoms with Crippen molar-refractivity contribution >= 4 is 29.0 Å². The molecule has 0 saturated carbocycles. The van der Waals surface area contributed by atoms with E-state index in [0.29, 0.717) is 18.3 Å². The highest BCUT2D eigenvalue weighted by Gasteiger charge is 2.43. The Bertz CT molecular complexity index is 1140. The number of phosphoric acid groups is 1. The molecule has 0 unspecified atom stereocenters. The maximum atomic E-state index is 14.4.